The van der Waals surface area contributed by atoms with Gasteiger partial charge < -0.3 is 0 Å². The van der Waals surface area contributed by atoms with Gasteiger partial charge in [-0.1, -0.05) is 11.6 Å². The number of sulfonamides is 1. The molecule has 0 amide bonds. The van der Waals surface area contributed by atoms with E-state index in [4.69, 9.17) is 11.6 Å². The van der Waals surface area contributed by atoms with Gasteiger partial charge in [0.1, 0.15) is 11.6 Å². The van der Waals surface area contributed by atoms with Crippen LogP contribution in [0.15, 0.2) is 45.8 Å². The summed E-state index contributed by atoms with van der Waals surface area (Å²) in [7, 11) is -4.00. The third-order valence-electron chi connectivity index (χ3n) is 2.37. The Morgan fingerprint density at radius 2 is 1.75 bits per heavy atom. The van der Waals surface area contributed by atoms with Crippen molar-refractivity contribution in [1.29, 1.82) is 0 Å². The number of hydrogen-bond acceptors (Lipinski definition) is 2. The molecule has 0 aliphatic carbocycles. The highest BCUT2D eigenvalue weighted by molar-refractivity contribution is 9.10. The first kappa shape index (κ1) is 15.2. The van der Waals surface area contributed by atoms with Crippen LogP contribution in [0, 0.1) is 11.6 Å². The van der Waals surface area contributed by atoms with Crippen molar-refractivity contribution in [2.45, 2.75) is 4.90 Å². The summed E-state index contributed by atoms with van der Waals surface area (Å²) in [6.07, 6.45) is 0. The fourth-order valence-corrected chi connectivity index (χ4v) is 2.84. The quantitative estimate of drug-likeness (QED) is 0.865. The van der Waals surface area contributed by atoms with Crippen LogP contribution in [0.4, 0.5) is 14.5 Å². The van der Waals surface area contributed by atoms with E-state index in [1.54, 1.807) is 0 Å². The van der Waals surface area contributed by atoms with Gasteiger partial charge in [0.25, 0.3) is 10.0 Å². The zero-order valence-corrected chi connectivity index (χ0v) is 12.9. The van der Waals surface area contributed by atoms with Crippen molar-refractivity contribution in [2.75, 3.05) is 4.72 Å². The Morgan fingerprint density at radius 3 is 2.35 bits per heavy atom. The molecule has 0 spiro atoms. The van der Waals surface area contributed by atoms with E-state index in [-0.39, 0.29) is 20.1 Å². The first-order chi connectivity index (χ1) is 9.29. The van der Waals surface area contributed by atoms with E-state index < -0.39 is 21.7 Å². The van der Waals surface area contributed by atoms with Gasteiger partial charge in [0, 0.05) is 0 Å². The molecular weight excluding hydrogens is 376 g/mol. The maximum atomic E-state index is 13.3. The number of anilines is 1. The molecule has 0 atom stereocenters. The molecule has 106 valence electrons. The minimum atomic E-state index is -4.00. The minimum Gasteiger partial charge on any atom is -0.280 e. The van der Waals surface area contributed by atoms with Gasteiger partial charge in [-0.15, -0.1) is 0 Å². The van der Waals surface area contributed by atoms with Crippen molar-refractivity contribution in [3.05, 3.63) is 57.5 Å². The second-order valence-corrected chi connectivity index (χ2v) is 6.75. The van der Waals surface area contributed by atoms with Crippen molar-refractivity contribution >= 4 is 43.2 Å². The van der Waals surface area contributed by atoms with Crippen molar-refractivity contribution in [3.63, 3.8) is 0 Å². The van der Waals surface area contributed by atoms with Crippen molar-refractivity contribution in [2.24, 2.45) is 0 Å². The van der Waals surface area contributed by atoms with E-state index in [1.165, 1.54) is 24.3 Å². The van der Waals surface area contributed by atoms with Gasteiger partial charge >= 0.3 is 0 Å². The van der Waals surface area contributed by atoms with Crippen molar-refractivity contribution in [1.82, 2.24) is 0 Å². The summed E-state index contributed by atoms with van der Waals surface area (Å²) in [5.41, 5.74) is -0.00442. The molecule has 2 aromatic carbocycles. The lowest BCUT2D eigenvalue weighted by Gasteiger charge is -2.09. The molecule has 0 aliphatic rings. The van der Waals surface area contributed by atoms with E-state index in [9.17, 15) is 17.2 Å². The lowest BCUT2D eigenvalue weighted by Crippen LogP contribution is -2.13. The molecule has 0 saturated carbocycles. The van der Waals surface area contributed by atoms with Crippen LogP contribution in [0.25, 0.3) is 0 Å². The predicted octanol–water partition coefficient (Wildman–Crippen LogP) is 4.18. The number of halogens is 4. The Bertz CT molecular complexity index is 768. The predicted molar refractivity (Wildman–Crippen MR) is 76.3 cm³/mol. The van der Waals surface area contributed by atoms with Gasteiger partial charge in [-0.3, -0.25) is 4.72 Å². The highest BCUT2D eigenvalue weighted by atomic mass is 79.9. The molecule has 8 heteroatoms. The fraction of sp³-hybridized carbons (Fsp3) is 0. The lowest BCUT2D eigenvalue weighted by atomic mass is 10.3. The Morgan fingerprint density at radius 1 is 1.05 bits per heavy atom. The summed E-state index contributed by atoms with van der Waals surface area (Å²) in [5, 5.41) is -0.123. The standard InChI is InChI=1S/C12H7BrClF2NO2S/c13-9-3-2-8(6-11(9)15)20(18,19)17-7-1-4-10(14)12(16)5-7/h1-6,17H. The molecule has 3 nitrogen and oxygen atoms in total. The van der Waals surface area contributed by atoms with Crippen LogP contribution in [-0.2, 0) is 10.0 Å². The van der Waals surface area contributed by atoms with E-state index in [2.05, 4.69) is 20.7 Å². The summed E-state index contributed by atoms with van der Waals surface area (Å²) in [5.74, 6) is -1.47. The average Bonchev–Trinajstić information content (AvgIpc) is 2.37. The van der Waals surface area contributed by atoms with Crippen molar-refractivity contribution < 1.29 is 17.2 Å². The van der Waals surface area contributed by atoms with E-state index in [1.807, 2.05) is 0 Å². The molecule has 0 unspecified atom stereocenters. The van der Waals surface area contributed by atoms with Crippen LogP contribution in [0.1, 0.15) is 0 Å². The minimum absolute atomic E-state index is 0.00442. The highest BCUT2D eigenvalue weighted by Gasteiger charge is 2.16. The molecule has 0 bridgehead atoms. The number of nitrogens with one attached hydrogen (secondary N) is 1. The molecular formula is C12H7BrClF2NO2S. The molecule has 2 aromatic rings. The number of rotatable bonds is 3. The molecule has 0 heterocycles. The third-order valence-corrected chi connectivity index (χ3v) is 4.70. The Labute approximate surface area is 127 Å². The zero-order valence-electron chi connectivity index (χ0n) is 9.70. The van der Waals surface area contributed by atoms with Gasteiger partial charge in [0.05, 0.1) is 20.1 Å². The average molecular weight is 383 g/mol. The van der Waals surface area contributed by atoms with Gasteiger partial charge in [-0.25, -0.2) is 17.2 Å². The molecule has 20 heavy (non-hydrogen) atoms. The molecule has 0 aromatic heterocycles. The normalized spacial score (nSPS) is 11.4. The molecule has 0 saturated heterocycles. The summed E-state index contributed by atoms with van der Waals surface area (Å²) in [6.45, 7) is 0. The largest absolute Gasteiger partial charge is 0.280 e. The summed E-state index contributed by atoms with van der Waals surface area (Å²) < 4.78 is 52.9. The molecule has 0 radical (unpaired) electrons. The van der Waals surface area contributed by atoms with Gasteiger partial charge in [0.15, 0.2) is 0 Å². The first-order valence-electron chi connectivity index (χ1n) is 5.22. The number of benzene rings is 2. The van der Waals surface area contributed by atoms with Crippen LogP contribution < -0.4 is 4.72 Å². The molecule has 1 N–H and O–H groups in total. The van der Waals surface area contributed by atoms with Gasteiger partial charge in [-0.2, -0.15) is 0 Å². The first-order valence-corrected chi connectivity index (χ1v) is 7.88. The summed E-state index contributed by atoms with van der Waals surface area (Å²) in [6, 6.07) is 6.82. The smallest absolute Gasteiger partial charge is 0.261 e. The van der Waals surface area contributed by atoms with Crippen LogP contribution in [0.3, 0.4) is 0 Å². The molecule has 2 rings (SSSR count). The Kier molecular flexibility index (Phi) is 4.31. The highest BCUT2D eigenvalue weighted by Crippen LogP contribution is 2.23. The van der Waals surface area contributed by atoms with Crippen LogP contribution in [0.5, 0.6) is 0 Å². The fourth-order valence-electron chi connectivity index (χ4n) is 1.42. The van der Waals surface area contributed by atoms with Gasteiger partial charge in [-0.05, 0) is 52.3 Å². The Balaban J connectivity index is 2.35. The molecule has 0 aliphatic heterocycles. The summed E-state index contributed by atoms with van der Waals surface area (Å²) in [4.78, 5) is -0.270. The van der Waals surface area contributed by atoms with Crippen LogP contribution in [0.2, 0.25) is 5.02 Å². The lowest BCUT2D eigenvalue weighted by molar-refractivity contribution is 0.593. The van der Waals surface area contributed by atoms with Crippen LogP contribution >= 0.6 is 27.5 Å². The second kappa shape index (κ2) is 5.67. The SMILES string of the molecule is O=S(=O)(Nc1ccc(Cl)c(F)c1)c1ccc(Br)c(F)c1. The van der Waals surface area contributed by atoms with Gasteiger partial charge in [0.2, 0.25) is 0 Å². The molecule has 0 fully saturated rings. The third kappa shape index (κ3) is 3.28. The maximum Gasteiger partial charge on any atom is 0.261 e. The monoisotopic (exact) mass is 381 g/mol. The van der Waals surface area contributed by atoms with E-state index in [0.717, 1.165) is 12.1 Å². The number of hydrogen-bond donors (Lipinski definition) is 1. The second-order valence-electron chi connectivity index (χ2n) is 3.81. The zero-order chi connectivity index (χ0) is 14.9. The Hall–Kier alpha value is -1.18. The van der Waals surface area contributed by atoms with E-state index in [0.29, 0.717) is 0 Å². The van der Waals surface area contributed by atoms with Crippen molar-refractivity contribution in [3.8, 4) is 0 Å². The maximum absolute atomic E-state index is 13.3. The summed E-state index contributed by atoms with van der Waals surface area (Å²) >= 11 is 8.43. The topological polar surface area (TPSA) is 46.2 Å². The van der Waals surface area contributed by atoms with E-state index >= 15 is 0 Å². The van der Waals surface area contributed by atoms with Crippen LogP contribution in [-0.4, -0.2) is 8.42 Å².